The largest absolute Gasteiger partial charge is 0.233 e. The average Bonchev–Trinajstić information content (AvgIpc) is 2.75. The minimum Gasteiger partial charge on any atom is -0.233 e. The van der Waals surface area contributed by atoms with Crippen molar-refractivity contribution in [3.63, 3.8) is 0 Å². The van der Waals surface area contributed by atoms with Crippen molar-refractivity contribution in [1.82, 2.24) is 9.97 Å². The van der Waals surface area contributed by atoms with Crippen molar-refractivity contribution in [1.29, 1.82) is 0 Å². The van der Waals surface area contributed by atoms with Crippen molar-refractivity contribution in [2.75, 3.05) is 0 Å². The molecule has 0 bridgehead atoms. The molecule has 0 amide bonds. The molecular weight excluding hydrogens is 296 g/mol. The molecule has 3 rings (SSSR count). The molecule has 2 nitrogen and oxygen atoms in total. The highest BCUT2D eigenvalue weighted by atomic mass is 79.9. The number of nitrogens with zero attached hydrogens (tertiary/aromatic N) is 2. The van der Waals surface area contributed by atoms with Crippen molar-refractivity contribution in [3.8, 4) is 11.3 Å². The van der Waals surface area contributed by atoms with Gasteiger partial charge in [-0.3, -0.25) is 0 Å². The standard InChI is InChI=1S/C13H9BrN2S/c1-8-15-11(7-12(14)16-8)10-4-2-3-9-5-6-17-13(9)10/h2-7H,1H3. The fourth-order valence-corrected chi connectivity index (χ4v) is 3.26. The van der Waals surface area contributed by atoms with Crippen LogP contribution < -0.4 is 0 Å². The predicted octanol–water partition coefficient (Wildman–Crippen LogP) is 4.43. The number of thiophene rings is 1. The van der Waals surface area contributed by atoms with E-state index in [1.165, 1.54) is 15.6 Å². The quantitative estimate of drug-likeness (QED) is 0.622. The summed E-state index contributed by atoms with van der Waals surface area (Å²) in [6.45, 7) is 1.91. The van der Waals surface area contributed by atoms with Crippen molar-refractivity contribution < 1.29 is 0 Å². The van der Waals surface area contributed by atoms with Crippen LogP contribution in [0.1, 0.15) is 5.82 Å². The van der Waals surface area contributed by atoms with E-state index in [2.05, 4.69) is 55.5 Å². The van der Waals surface area contributed by atoms with Gasteiger partial charge >= 0.3 is 0 Å². The van der Waals surface area contributed by atoms with E-state index >= 15 is 0 Å². The normalized spacial score (nSPS) is 10.9. The van der Waals surface area contributed by atoms with Crippen molar-refractivity contribution in [2.45, 2.75) is 6.92 Å². The number of fused-ring (bicyclic) bond motifs is 1. The fraction of sp³-hybridized carbons (Fsp3) is 0.0769. The summed E-state index contributed by atoms with van der Waals surface area (Å²) in [6.07, 6.45) is 0. The molecule has 0 N–H and O–H groups in total. The van der Waals surface area contributed by atoms with Crippen LogP contribution in [-0.2, 0) is 0 Å². The number of halogens is 1. The third-order valence-electron chi connectivity index (χ3n) is 2.56. The van der Waals surface area contributed by atoms with Crippen molar-refractivity contribution in [3.05, 3.63) is 46.1 Å². The Labute approximate surface area is 111 Å². The summed E-state index contributed by atoms with van der Waals surface area (Å²) in [5.74, 6) is 0.780. The third-order valence-corrected chi connectivity index (χ3v) is 3.93. The second kappa shape index (κ2) is 4.20. The number of aryl methyl sites for hydroxylation is 1. The van der Waals surface area contributed by atoms with Crippen LogP contribution in [0.15, 0.2) is 40.3 Å². The topological polar surface area (TPSA) is 25.8 Å². The van der Waals surface area contributed by atoms with Gasteiger partial charge in [0.25, 0.3) is 0 Å². The van der Waals surface area contributed by atoms with E-state index in [-0.39, 0.29) is 0 Å². The minimum atomic E-state index is 0.780. The van der Waals surface area contributed by atoms with Gasteiger partial charge in [0.1, 0.15) is 10.4 Å². The van der Waals surface area contributed by atoms with Crippen LogP contribution in [0.25, 0.3) is 21.3 Å². The minimum absolute atomic E-state index is 0.780. The van der Waals surface area contributed by atoms with Gasteiger partial charge in [-0.2, -0.15) is 0 Å². The van der Waals surface area contributed by atoms with Crippen LogP contribution in [-0.4, -0.2) is 9.97 Å². The average molecular weight is 305 g/mol. The summed E-state index contributed by atoms with van der Waals surface area (Å²) in [7, 11) is 0. The van der Waals surface area contributed by atoms with Crippen molar-refractivity contribution >= 4 is 37.4 Å². The first kappa shape index (κ1) is 10.9. The first-order chi connectivity index (χ1) is 8.24. The maximum Gasteiger partial charge on any atom is 0.127 e. The van der Waals surface area contributed by atoms with Gasteiger partial charge in [-0.25, -0.2) is 9.97 Å². The summed E-state index contributed by atoms with van der Waals surface area (Å²) in [5, 5.41) is 3.37. The molecular formula is C13H9BrN2S. The van der Waals surface area contributed by atoms with Crippen LogP contribution in [0.3, 0.4) is 0 Å². The van der Waals surface area contributed by atoms with Crippen LogP contribution in [0.2, 0.25) is 0 Å². The van der Waals surface area contributed by atoms with E-state index in [4.69, 9.17) is 0 Å². The van der Waals surface area contributed by atoms with Gasteiger partial charge in [0.05, 0.1) is 5.69 Å². The van der Waals surface area contributed by atoms with Crippen molar-refractivity contribution in [2.24, 2.45) is 0 Å². The molecule has 0 aliphatic heterocycles. The van der Waals surface area contributed by atoms with Gasteiger partial charge in [-0.15, -0.1) is 11.3 Å². The SMILES string of the molecule is Cc1nc(Br)cc(-c2cccc3ccsc23)n1. The first-order valence-corrected chi connectivity index (χ1v) is 6.89. The van der Waals surface area contributed by atoms with E-state index in [1.54, 1.807) is 11.3 Å². The molecule has 17 heavy (non-hydrogen) atoms. The molecule has 0 aliphatic carbocycles. The molecule has 84 valence electrons. The highest BCUT2D eigenvalue weighted by Gasteiger charge is 2.07. The van der Waals surface area contributed by atoms with Crippen LogP contribution >= 0.6 is 27.3 Å². The molecule has 0 saturated carbocycles. The van der Waals surface area contributed by atoms with Gasteiger partial charge in [-0.05, 0) is 45.8 Å². The Morgan fingerprint density at radius 3 is 2.88 bits per heavy atom. The maximum absolute atomic E-state index is 4.50. The second-order valence-corrected chi connectivity index (χ2v) is 5.50. The third kappa shape index (κ3) is 1.98. The Morgan fingerprint density at radius 2 is 2.06 bits per heavy atom. The zero-order chi connectivity index (χ0) is 11.8. The highest BCUT2D eigenvalue weighted by Crippen LogP contribution is 2.32. The smallest absolute Gasteiger partial charge is 0.127 e. The Morgan fingerprint density at radius 1 is 1.18 bits per heavy atom. The summed E-state index contributed by atoms with van der Waals surface area (Å²) >= 11 is 5.16. The lowest BCUT2D eigenvalue weighted by molar-refractivity contribution is 1.04. The molecule has 0 spiro atoms. The zero-order valence-electron chi connectivity index (χ0n) is 9.14. The molecule has 0 fully saturated rings. The number of hydrogen-bond acceptors (Lipinski definition) is 3. The first-order valence-electron chi connectivity index (χ1n) is 5.22. The van der Waals surface area contributed by atoms with Crippen LogP contribution in [0.5, 0.6) is 0 Å². The molecule has 0 saturated heterocycles. The van der Waals surface area contributed by atoms with Crippen LogP contribution in [0, 0.1) is 6.92 Å². The molecule has 0 atom stereocenters. The summed E-state index contributed by atoms with van der Waals surface area (Å²) in [6, 6.07) is 10.4. The lowest BCUT2D eigenvalue weighted by Gasteiger charge is -2.04. The number of hydrogen-bond donors (Lipinski definition) is 0. The lowest BCUT2D eigenvalue weighted by Crippen LogP contribution is -1.91. The molecule has 2 heterocycles. The number of rotatable bonds is 1. The van der Waals surface area contributed by atoms with E-state index in [1.807, 2.05) is 13.0 Å². The molecule has 4 heteroatoms. The van der Waals surface area contributed by atoms with Gasteiger partial charge in [0.15, 0.2) is 0 Å². The molecule has 2 aromatic heterocycles. The Kier molecular flexibility index (Phi) is 2.68. The fourth-order valence-electron chi connectivity index (χ4n) is 1.86. The van der Waals surface area contributed by atoms with E-state index in [9.17, 15) is 0 Å². The maximum atomic E-state index is 4.50. The van der Waals surface area contributed by atoms with Crippen LogP contribution in [0.4, 0.5) is 0 Å². The molecule has 0 unspecified atom stereocenters. The van der Waals surface area contributed by atoms with E-state index in [0.717, 1.165) is 16.1 Å². The summed E-state index contributed by atoms with van der Waals surface area (Å²) < 4.78 is 2.10. The van der Waals surface area contributed by atoms with Gasteiger partial charge in [-0.1, -0.05) is 18.2 Å². The van der Waals surface area contributed by atoms with Gasteiger partial charge in [0, 0.05) is 10.3 Å². The number of benzene rings is 1. The predicted molar refractivity (Wildman–Crippen MR) is 75.3 cm³/mol. The monoisotopic (exact) mass is 304 g/mol. The number of aromatic nitrogens is 2. The van der Waals surface area contributed by atoms with E-state index in [0.29, 0.717) is 0 Å². The Balaban J connectivity index is 2.30. The Bertz CT molecular complexity index is 670. The molecule has 0 aliphatic rings. The zero-order valence-corrected chi connectivity index (χ0v) is 11.5. The van der Waals surface area contributed by atoms with E-state index < -0.39 is 0 Å². The summed E-state index contributed by atoms with van der Waals surface area (Å²) in [5.41, 5.74) is 2.14. The highest BCUT2D eigenvalue weighted by molar-refractivity contribution is 9.10. The molecule has 0 radical (unpaired) electrons. The van der Waals surface area contributed by atoms with Gasteiger partial charge < -0.3 is 0 Å². The molecule has 3 aromatic rings. The summed E-state index contributed by atoms with van der Waals surface area (Å²) in [4.78, 5) is 8.74. The second-order valence-electron chi connectivity index (χ2n) is 3.77. The van der Waals surface area contributed by atoms with Gasteiger partial charge in [0.2, 0.25) is 0 Å². The molecule has 1 aromatic carbocycles. The lowest BCUT2D eigenvalue weighted by atomic mass is 10.1. The Hall–Kier alpha value is -1.26.